The van der Waals surface area contributed by atoms with Gasteiger partial charge in [0.25, 0.3) is 0 Å². The van der Waals surface area contributed by atoms with Gasteiger partial charge in [-0.3, -0.25) is 0 Å². The minimum Gasteiger partial charge on any atom is -0.468 e. The molecular formula is C22H27N2O+. The fourth-order valence-electron chi connectivity index (χ4n) is 6.35. The van der Waals surface area contributed by atoms with Crippen molar-refractivity contribution in [3.05, 3.63) is 60.3 Å². The highest BCUT2D eigenvalue weighted by molar-refractivity contribution is 5.17. The Morgan fingerprint density at radius 3 is 2.72 bits per heavy atom. The summed E-state index contributed by atoms with van der Waals surface area (Å²) in [6, 6.07) is 17.0. The van der Waals surface area contributed by atoms with E-state index in [1.54, 1.807) is 0 Å². The number of nitrogens with zero attached hydrogens (tertiary/aromatic N) is 2. The van der Waals surface area contributed by atoms with Gasteiger partial charge in [-0.1, -0.05) is 36.4 Å². The summed E-state index contributed by atoms with van der Waals surface area (Å²) in [6.07, 6.45) is 6.20. The SMILES string of the molecule is C[C@@]12[C@H]3CC[C@@H]1[C@H](Oc1ccccn1)C[N@+]2(Cc1ccccc1)CC3. The zero-order valence-electron chi connectivity index (χ0n) is 15.0. The van der Waals surface area contributed by atoms with Gasteiger partial charge in [-0.05, 0) is 25.8 Å². The lowest BCUT2D eigenvalue weighted by atomic mass is 9.83. The van der Waals surface area contributed by atoms with Crippen LogP contribution in [0.3, 0.4) is 0 Å². The molecule has 1 aromatic carbocycles. The van der Waals surface area contributed by atoms with E-state index in [2.05, 4.69) is 42.2 Å². The molecule has 3 heterocycles. The molecule has 25 heavy (non-hydrogen) atoms. The quantitative estimate of drug-likeness (QED) is 0.787. The Balaban J connectivity index is 1.48. The van der Waals surface area contributed by atoms with E-state index in [-0.39, 0.29) is 0 Å². The van der Waals surface area contributed by atoms with Gasteiger partial charge < -0.3 is 9.22 Å². The molecule has 0 radical (unpaired) electrons. The predicted octanol–water partition coefficient (Wildman–Crippen LogP) is 4.05. The fraction of sp³-hybridized carbons (Fsp3) is 0.500. The first-order valence-corrected chi connectivity index (χ1v) is 9.69. The van der Waals surface area contributed by atoms with Crippen LogP contribution < -0.4 is 4.74 Å². The van der Waals surface area contributed by atoms with Gasteiger partial charge in [0.2, 0.25) is 5.88 Å². The number of quaternary nitrogens is 1. The summed E-state index contributed by atoms with van der Waals surface area (Å²) in [4.78, 5) is 4.42. The van der Waals surface area contributed by atoms with Gasteiger partial charge in [-0.25, -0.2) is 4.98 Å². The van der Waals surface area contributed by atoms with E-state index < -0.39 is 0 Å². The third-order valence-corrected chi connectivity index (χ3v) is 7.55. The van der Waals surface area contributed by atoms with Crippen LogP contribution in [0.25, 0.3) is 0 Å². The van der Waals surface area contributed by atoms with Gasteiger partial charge in [0, 0.05) is 30.2 Å². The van der Waals surface area contributed by atoms with Crippen LogP contribution in [0.15, 0.2) is 54.7 Å². The largest absolute Gasteiger partial charge is 0.468 e. The van der Waals surface area contributed by atoms with Crippen molar-refractivity contribution in [2.24, 2.45) is 11.8 Å². The second-order valence-electron chi connectivity index (χ2n) is 8.41. The smallest absolute Gasteiger partial charge is 0.213 e. The molecule has 0 amide bonds. The van der Waals surface area contributed by atoms with Crippen molar-refractivity contribution in [2.75, 3.05) is 13.1 Å². The van der Waals surface area contributed by atoms with E-state index >= 15 is 0 Å². The lowest BCUT2D eigenvalue weighted by Gasteiger charge is -2.43. The van der Waals surface area contributed by atoms with E-state index in [1.807, 2.05) is 24.4 Å². The maximum atomic E-state index is 6.44. The number of aromatic nitrogens is 1. The summed E-state index contributed by atoms with van der Waals surface area (Å²) in [7, 11) is 0. The Hall–Kier alpha value is -1.87. The number of ether oxygens (including phenoxy) is 1. The molecule has 0 unspecified atom stereocenters. The minimum atomic E-state index is 0.300. The summed E-state index contributed by atoms with van der Waals surface area (Å²) in [5.74, 6) is 2.31. The Bertz CT molecular complexity index is 749. The third-order valence-electron chi connectivity index (χ3n) is 7.55. The summed E-state index contributed by atoms with van der Waals surface area (Å²) in [5.41, 5.74) is 1.84. The van der Waals surface area contributed by atoms with Crippen molar-refractivity contribution in [3.8, 4) is 5.88 Å². The molecule has 2 saturated heterocycles. The van der Waals surface area contributed by atoms with Gasteiger partial charge in [-0.15, -0.1) is 0 Å². The highest BCUT2D eigenvalue weighted by Gasteiger charge is 2.71. The summed E-state index contributed by atoms with van der Waals surface area (Å²) >= 11 is 0. The summed E-state index contributed by atoms with van der Waals surface area (Å²) in [5, 5.41) is 0. The predicted molar refractivity (Wildman–Crippen MR) is 98.0 cm³/mol. The normalized spacial score (nSPS) is 38.7. The molecule has 130 valence electrons. The van der Waals surface area contributed by atoms with E-state index in [1.165, 1.54) is 35.9 Å². The maximum absolute atomic E-state index is 6.44. The molecule has 3 nitrogen and oxygen atoms in total. The summed E-state index contributed by atoms with van der Waals surface area (Å²) < 4.78 is 7.66. The lowest BCUT2D eigenvalue weighted by Crippen LogP contribution is -2.57. The van der Waals surface area contributed by atoms with Crippen molar-refractivity contribution in [1.29, 1.82) is 0 Å². The molecule has 3 fully saturated rings. The highest BCUT2D eigenvalue weighted by atomic mass is 16.5. The first-order valence-electron chi connectivity index (χ1n) is 9.69. The number of pyridine rings is 1. The first kappa shape index (κ1) is 15.4. The molecule has 0 bridgehead atoms. The average Bonchev–Trinajstić information content (AvgIpc) is 3.20. The molecule has 2 aromatic rings. The minimum absolute atomic E-state index is 0.300. The van der Waals surface area contributed by atoms with E-state index in [4.69, 9.17) is 4.74 Å². The third kappa shape index (κ3) is 2.18. The van der Waals surface area contributed by atoms with Gasteiger partial charge in [0.05, 0.1) is 12.5 Å². The molecule has 3 heteroatoms. The molecule has 5 rings (SSSR count). The first-order chi connectivity index (χ1) is 12.2. The van der Waals surface area contributed by atoms with Gasteiger partial charge in [-0.2, -0.15) is 0 Å². The van der Waals surface area contributed by atoms with Gasteiger partial charge in [0.15, 0.2) is 6.10 Å². The second-order valence-corrected chi connectivity index (χ2v) is 8.41. The second kappa shape index (κ2) is 5.57. The molecule has 1 aliphatic carbocycles. The Morgan fingerprint density at radius 2 is 1.92 bits per heavy atom. The average molecular weight is 335 g/mol. The van der Waals surface area contributed by atoms with Crippen molar-refractivity contribution in [3.63, 3.8) is 0 Å². The standard InChI is InChI=1S/C22H27N2O/c1-22-18-10-11-19(22)20(25-21-9-5-6-13-23-21)16-24(22,14-12-18)15-17-7-3-2-4-8-17/h2-9,13,18-20H,10-12,14-16H2,1H3/q+1/t18-,19+,20+,22+,24+/m0/s1. The molecule has 3 aliphatic rings. The van der Waals surface area contributed by atoms with Crippen molar-refractivity contribution in [1.82, 2.24) is 4.98 Å². The monoisotopic (exact) mass is 335 g/mol. The maximum Gasteiger partial charge on any atom is 0.213 e. The zero-order chi connectivity index (χ0) is 16.9. The number of rotatable bonds is 4. The Morgan fingerprint density at radius 1 is 1.08 bits per heavy atom. The van der Waals surface area contributed by atoms with Crippen LogP contribution in [-0.2, 0) is 6.54 Å². The highest BCUT2D eigenvalue weighted by Crippen LogP contribution is 2.61. The Labute approximate surface area is 150 Å². The molecule has 0 N–H and O–H groups in total. The lowest BCUT2D eigenvalue weighted by molar-refractivity contribution is -0.965. The molecule has 0 spiro atoms. The van der Waals surface area contributed by atoms with Crippen LogP contribution >= 0.6 is 0 Å². The molecular weight excluding hydrogens is 308 g/mol. The molecule has 5 atom stereocenters. The number of benzene rings is 1. The molecule has 1 aromatic heterocycles. The van der Waals surface area contributed by atoms with Crippen LogP contribution in [0, 0.1) is 11.8 Å². The van der Waals surface area contributed by atoms with Gasteiger partial charge >= 0.3 is 0 Å². The number of hydrogen-bond donors (Lipinski definition) is 0. The topological polar surface area (TPSA) is 22.1 Å². The van der Waals surface area contributed by atoms with Crippen molar-refractivity contribution < 1.29 is 9.22 Å². The van der Waals surface area contributed by atoms with Crippen LogP contribution in [0.1, 0.15) is 31.7 Å². The van der Waals surface area contributed by atoms with E-state index in [0.29, 0.717) is 17.6 Å². The van der Waals surface area contributed by atoms with Crippen LogP contribution in [0.5, 0.6) is 5.88 Å². The van der Waals surface area contributed by atoms with Crippen LogP contribution in [0.4, 0.5) is 0 Å². The van der Waals surface area contributed by atoms with Gasteiger partial charge in [0.1, 0.15) is 18.6 Å². The van der Waals surface area contributed by atoms with Crippen LogP contribution in [0.2, 0.25) is 0 Å². The Kier molecular flexibility index (Phi) is 3.43. The van der Waals surface area contributed by atoms with Crippen molar-refractivity contribution in [2.45, 2.75) is 44.4 Å². The molecule has 1 saturated carbocycles. The van der Waals surface area contributed by atoms with E-state index in [0.717, 1.165) is 24.9 Å². The van der Waals surface area contributed by atoms with Crippen molar-refractivity contribution >= 4 is 0 Å². The number of hydrogen-bond acceptors (Lipinski definition) is 2. The van der Waals surface area contributed by atoms with E-state index in [9.17, 15) is 0 Å². The summed E-state index contributed by atoms with van der Waals surface area (Å²) in [6.45, 7) is 6.14. The van der Waals surface area contributed by atoms with Crippen LogP contribution in [-0.4, -0.2) is 34.2 Å². The zero-order valence-corrected chi connectivity index (χ0v) is 15.0. The molecule has 2 aliphatic heterocycles. The fourth-order valence-corrected chi connectivity index (χ4v) is 6.35.